The van der Waals surface area contributed by atoms with Gasteiger partial charge >= 0.3 is 29.6 Å². The van der Waals surface area contributed by atoms with Crippen molar-refractivity contribution in [2.75, 3.05) is 7.11 Å². The van der Waals surface area contributed by atoms with Crippen LogP contribution in [0.3, 0.4) is 0 Å². The number of benzene rings is 2. The molecule has 0 aliphatic carbocycles. The second-order valence-electron chi connectivity index (χ2n) is 4.60. The van der Waals surface area contributed by atoms with Gasteiger partial charge < -0.3 is 19.5 Å². The molecule has 1 atom stereocenters. The zero-order chi connectivity index (χ0) is 15.8. The molecule has 0 spiro atoms. The molecule has 6 heteroatoms. The van der Waals surface area contributed by atoms with Gasteiger partial charge in [-0.2, -0.15) is 0 Å². The van der Waals surface area contributed by atoms with Crippen LogP contribution in [0.1, 0.15) is 11.1 Å². The molecule has 1 unspecified atom stereocenters. The number of nitrogens with zero attached hydrogens (tertiary/aromatic N) is 1. The van der Waals surface area contributed by atoms with Crippen LogP contribution in [0.2, 0.25) is 0 Å². The van der Waals surface area contributed by atoms with Crippen LogP contribution in [-0.2, 0) is 16.1 Å². The molecular formula is C17H16NNaO4. The Morgan fingerprint density at radius 1 is 1.17 bits per heavy atom. The fraction of sp³-hybridized carbons (Fsp3) is 0.176. The van der Waals surface area contributed by atoms with E-state index in [0.29, 0.717) is 5.75 Å². The molecule has 0 amide bonds. The molecule has 23 heavy (non-hydrogen) atoms. The number of hydrogen-bond donors (Lipinski definition) is 0. The number of rotatable bonds is 7. The smallest absolute Gasteiger partial charge is 0.546 e. The Bertz CT molecular complexity index is 629. The minimum atomic E-state index is -1.24. The van der Waals surface area contributed by atoms with Crippen LogP contribution in [-0.4, -0.2) is 25.4 Å². The zero-order valence-corrected chi connectivity index (χ0v) is 15.1. The molecule has 2 aromatic carbocycles. The average molecular weight is 321 g/mol. The Morgan fingerprint density at radius 2 is 1.83 bits per heavy atom. The topological polar surface area (TPSA) is 71.0 Å². The van der Waals surface area contributed by atoms with Crippen LogP contribution >= 0.6 is 0 Å². The van der Waals surface area contributed by atoms with Crippen molar-refractivity contribution < 1.29 is 49.0 Å². The van der Waals surface area contributed by atoms with Crippen LogP contribution in [0.25, 0.3) is 0 Å². The SMILES string of the molecule is CO/N=C/c1ccc(OC(Cc2ccccc2)C(=O)[O-])cc1.[Na+]. The molecule has 2 rings (SSSR count). The fourth-order valence-corrected chi connectivity index (χ4v) is 1.91. The van der Waals surface area contributed by atoms with E-state index in [0.717, 1.165) is 11.1 Å². The molecule has 0 bridgehead atoms. The molecule has 0 aliphatic rings. The van der Waals surface area contributed by atoms with Crippen LogP contribution < -0.4 is 39.4 Å². The number of carboxylic acid groups (broad SMARTS) is 1. The Balaban J connectivity index is 0.00000264. The van der Waals surface area contributed by atoms with Crippen molar-refractivity contribution in [3.63, 3.8) is 0 Å². The Kier molecular flexibility index (Phi) is 8.40. The number of ether oxygens (including phenoxy) is 1. The first-order valence-electron chi connectivity index (χ1n) is 6.77. The van der Waals surface area contributed by atoms with Gasteiger partial charge in [0.2, 0.25) is 0 Å². The molecular weight excluding hydrogens is 305 g/mol. The molecule has 5 nitrogen and oxygen atoms in total. The predicted molar refractivity (Wildman–Crippen MR) is 80.6 cm³/mol. The van der Waals surface area contributed by atoms with Gasteiger partial charge in [-0.3, -0.25) is 0 Å². The molecule has 0 saturated heterocycles. The molecule has 0 radical (unpaired) electrons. The summed E-state index contributed by atoms with van der Waals surface area (Å²) in [5.74, 6) is -0.784. The van der Waals surface area contributed by atoms with Gasteiger partial charge in [-0.1, -0.05) is 35.5 Å². The average Bonchev–Trinajstić information content (AvgIpc) is 2.54. The standard InChI is InChI=1S/C17H17NO4.Na/c1-21-18-12-14-7-9-15(10-8-14)22-16(17(19)20)11-13-5-3-2-4-6-13;/h2-10,12,16H,11H2,1H3,(H,19,20);/q;+1/p-1/b18-12+;. The Morgan fingerprint density at radius 3 is 2.39 bits per heavy atom. The summed E-state index contributed by atoms with van der Waals surface area (Å²) >= 11 is 0. The van der Waals surface area contributed by atoms with E-state index in [2.05, 4.69) is 9.99 Å². The summed E-state index contributed by atoms with van der Waals surface area (Å²) in [4.78, 5) is 15.8. The van der Waals surface area contributed by atoms with Gasteiger partial charge in [0.05, 0.1) is 12.2 Å². The van der Waals surface area contributed by atoms with E-state index >= 15 is 0 Å². The predicted octanol–water partition coefficient (Wildman–Crippen LogP) is -1.59. The van der Waals surface area contributed by atoms with Crippen molar-refractivity contribution >= 4 is 12.2 Å². The van der Waals surface area contributed by atoms with E-state index in [1.165, 1.54) is 7.11 Å². The van der Waals surface area contributed by atoms with Gasteiger partial charge in [0.25, 0.3) is 0 Å². The minimum absolute atomic E-state index is 0. The molecule has 0 fully saturated rings. The molecule has 114 valence electrons. The molecule has 0 aliphatic heterocycles. The van der Waals surface area contributed by atoms with E-state index in [4.69, 9.17) is 4.74 Å². The second kappa shape index (κ2) is 10.0. The van der Waals surface area contributed by atoms with Gasteiger partial charge in [0, 0.05) is 6.42 Å². The monoisotopic (exact) mass is 321 g/mol. The van der Waals surface area contributed by atoms with E-state index in [-0.39, 0.29) is 36.0 Å². The van der Waals surface area contributed by atoms with Crippen molar-refractivity contribution in [3.05, 3.63) is 65.7 Å². The maximum Gasteiger partial charge on any atom is 1.00 e. The molecule has 0 aromatic heterocycles. The number of carboxylic acids is 1. The second-order valence-corrected chi connectivity index (χ2v) is 4.60. The first kappa shape index (κ1) is 19.2. The van der Waals surface area contributed by atoms with E-state index < -0.39 is 12.1 Å². The minimum Gasteiger partial charge on any atom is -0.546 e. The molecule has 2 aromatic rings. The maximum atomic E-state index is 11.2. The number of carbonyl (C=O) groups excluding carboxylic acids is 1. The van der Waals surface area contributed by atoms with Crippen molar-refractivity contribution in [2.45, 2.75) is 12.5 Å². The van der Waals surface area contributed by atoms with Crippen molar-refractivity contribution in [2.24, 2.45) is 5.16 Å². The van der Waals surface area contributed by atoms with E-state index in [9.17, 15) is 9.90 Å². The molecule has 0 heterocycles. The van der Waals surface area contributed by atoms with Crippen molar-refractivity contribution in [1.82, 2.24) is 0 Å². The first-order valence-corrected chi connectivity index (χ1v) is 6.77. The van der Waals surface area contributed by atoms with Crippen LogP contribution in [0.4, 0.5) is 0 Å². The van der Waals surface area contributed by atoms with E-state index in [1.807, 2.05) is 30.3 Å². The Labute approximate surface area is 157 Å². The summed E-state index contributed by atoms with van der Waals surface area (Å²) in [6.45, 7) is 0. The van der Waals surface area contributed by atoms with Crippen molar-refractivity contribution in [3.8, 4) is 5.75 Å². The quantitative estimate of drug-likeness (QED) is 0.350. The van der Waals surface area contributed by atoms with Gasteiger partial charge in [-0.25, -0.2) is 0 Å². The zero-order valence-electron chi connectivity index (χ0n) is 13.1. The van der Waals surface area contributed by atoms with Gasteiger partial charge in [0.1, 0.15) is 19.0 Å². The van der Waals surface area contributed by atoms with Gasteiger partial charge in [-0.15, -0.1) is 0 Å². The van der Waals surface area contributed by atoms with Gasteiger partial charge in [-0.05, 0) is 35.4 Å². The van der Waals surface area contributed by atoms with Crippen molar-refractivity contribution in [1.29, 1.82) is 0 Å². The largest absolute Gasteiger partial charge is 1.00 e. The summed E-state index contributed by atoms with van der Waals surface area (Å²) in [6.07, 6.45) is 0.751. The van der Waals surface area contributed by atoms with Gasteiger partial charge in [0.15, 0.2) is 0 Å². The maximum absolute atomic E-state index is 11.2. The third kappa shape index (κ3) is 6.44. The summed E-state index contributed by atoms with van der Waals surface area (Å²) < 4.78 is 5.50. The van der Waals surface area contributed by atoms with Crippen LogP contribution in [0.15, 0.2) is 59.8 Å². The number of hydrogen-bond acceptors (Lipinski definition) is 5. The molecule has 0 saturated carbocycles. The van der Waals surface area contributed by atoms with Crippen LogP contribution in [0.5, 0.6) is 5.75 Å². The Hall–Kier alpha value is -1.82. The van der Waals surface area contributed by atoms with Crippen LogP contribution in [0, 0.1) is 0 Å². The summed E-state index contributed by atoms with van der Waals surface area (Å²) in [5.41, 5.74) is 1.70. The van der Waals surface area contributed by atoms with E-state index in [1.54, 1.807) is 30.5 Å². The number of carbonyl (C=O) groups is 1. The summed E-state index contributed by atoms with van der Waals surface area (Å²) in [5, 5.41) is 14.9. The summed E-state index contributed by atoms with van der Waals surface area (Å²) in [7, 11) is 1.46. The molecule has 0 N–H and O–H groups in total. The first-order chi connectivity index (χ1) is 10.7. The third-order valence-corrected chi connectivity index (χ3v) is 2.99. The summed E-state index contributed by atoms with van der Waals surface area (Å²) in [6, 6.07) is 16.2. The third-order valence-electron chi connectivity index (χ3n) is 2.99. The fourth-order valence-electron chi connectivity index (χ4n) is 1.91. The number of aliphatic carboxylic acids is 1. The number of oxime groups is 1. The normalized spacial score (nSPS) is 11.5.